The second-order valence-electron chi connectivity index (χ2n) is 0.500. The maximum Gasteiger partial charge on any atom is 0 e. The molecule has 0 saturated heterocycles. The van der Waals surface area contributed by atoms with Crippen molar-refractivity contribution in [3.8, 4) is 0 Å². The van der Waals surface area contributed by atoms with Crippen LogP contribution in [0.25, 0.3) is 0 Å². The maximum absolute atomic E-state index is 3.49. The van der Waals surface area contributed by atoms with Gasteiger partial charge in [0.05, 0.1) is 0 Å². The molecule has 0 aliphatic rings. The van der Waals surface area contributed by atoms with Gasteiger partial charge in [0.1, 0.15) is 0 Å². The summed E-state index contributed by atoms with van der Waals surface area (Å²) in [5.74, 6) is 0. The summed E-state index contributed by atoms with van der Waals surface area (Å²) in [4.78, 5) is 0. The van der Waals surface area contributed by atoms with E-state index >= 15 is 0 Å². The molecule has 2 heteroatoms. The first kappa shape index (κ1) is 16.2. The SMILES string of the molecule is [CH2]CC.[I-].[Zn]. The Morgan fingerprint density at radius 1 is 1.60 bits per heavy atom. The Hall–Kier alpha value is 1.35. The van der Waals surface area contributed by atoms with Crippen molar-refractivity contribution in [2.45, 2.75) is 13.3 Å². The predicted molar refractivity (Wildman–Crippen MR) is 15.6 cm³/mol. The molecule has 0 atom stereocenters. The van der Waals surface area contributed by atoms with Gasteiger partial charge in [0.2, 0.25) is 0 Å². The molecule has 0 aromatic rings. The minimum atomic E-state index is 0. The number of rotatable bonds is 0. The van der Waals surface area contributed by atoms with Gasteiger partial charge in [0.25, 0.3) is 0 Å². The Morgan fingerprint density at radius 2 is 1.60 bits per heavy atom. The van der Waals surface area contributed by atoms with Gasteiger partial charge in [-0.2, -0.15) is 0 Å². The van der Waals surface area contributed by atoms with Gasteiger partial charge < -0.3 is 24.0 Å². The van der Waals surface area contributed by atoms with E-state index in [2.05, 4.69) is 6.92 Å². The molecular weight excluding hydrogens is 228 g/mol. The van der Waals surface area contributed by atoms with E-state index in [0.29, 0.717) is 0 Å². The van der Waals surface area contributed by atoms with E-state index in [9.17, 15) is 0 Å². The van der Waals surface area contributed by atoms with E-state index < -0.39 is 0 Å². The Kier molecular flexibility index (Phi) is 59.3. The fourth-order valence-corrected chi connectivity index (χ4v) is 0. The summed E-state index contributed by atoms with van der Waals surface area (Å²) in [5.41, 5.74) is 0. The Labute approximate surface area is 63.5 Å². The third kappa shape index (κ3) is 32.9. The van der Waals surface area contributed by atoms with E-state index in [1.54, 1.807) is 0 Å². The van der Waals surface area contributed by atoms with Crippen LogP contribution in [0.2, 0.25) is 0 Å². The number of hydrogen-bond acceptors (Lipinski definition) is 0. The van der Waals surface area contributed by atoms with Crippen LogP contribution in [0.1, 0.15) is 13.3 Å². The van der Waals surface area contributed by atoms with Crippen molar-refractivity contribution in [1.29, 1.82) is 0 Å². The molecule has 0 unspecified atom stereocenters. The number of hydrogen-bond donors (Lipinski definition) is 0. The molecule has 0 aromatic carbocycles. The van der Waals surface area contributed by atoms with Crippen LogP contribution in [0.5, 0.6) is 0 Å². The van der Waals surface area contributed by atoms with E-state index in [-0.39, 0.29) is 43.5 Å². The van der Waals surface area contributed by atoms with Crippen molar-refractivity contribution in [3.63, 3.8) is 0 Å². The van der Waals surface area contributed by atoms with Crippen molar-refractivity contribution in [3.05, 3.63) is 6.92 Å². The molecule has 0 nitrogen and oxygen atoms in total. The van der Waals surface area contributed by atoms with Gasteiger partial charge >= 0.3 is 0 Å². The second-order valence-corrected chi connectivity index (χ2v) is 0.500. The standard InChI is InChI=1S/C3H7.HI.Zn/c1-3-2;;/h1,3H2,2H3;1H;/p-1. The van der Waals surface area contributed by atoms with Crippen LogP contribution in [-0.4, -0.2) is 0 Å². The predicted octanol–water partition coefficient (Wildman–Crippen LogP) is -1.77. The zero-order valence-electron chi connectivity index (χ0n) is 3.50. The van der Waals surface area contributed by atoms with Crippen LogP contribution in [0.4, 0.5) is 0 Å². The molecular formula is C3H7IZn-. The molecule has 1 radical (unpaired) electrons. The van der Waals surface area contributed by atoms with Gasteiger partial charge in [0.15, 0.2) is 0 Å². The van der Waals surface area contributed by atoms with Crippen LogP contribution >= 0.6 is 0 Å². The molecule has 0 bridgehead atoms. The van der Waals surface area contributed by atoms with E-state index in [4.69, 9.17) is 0 Å². The topological polar surface area (TPSA) is 0 Å². The second kappa shape index (κ2) is 18.3. The summed E-state index contributed by atoms with van der Waals surface area (Å²) in [5, 5.41) is 0. The van der Waals surface area contributed by atoms with Crippen molar-refractivity contribution in [2.75, 3.05) is 0 Å². The first-order valence-corrected chi connectivity index (χ1v) is 1.21. The van der Waals surface area contributed by atoms with Crippen molar-refractivity contribution in [1.82, 2.24) is 0 Å². The fourth-order valence-electron chi connectivity index (χ4n) is 0. The third-order valence-electron chi connectivity index (χ3n) is 0. The Morgan fingerprint density at radius 3 is 1.60 bits per heavy atom. The van der Waals surface area contributed by atoms with Crippen molar-refractivity contribution in [2.24, 2.45) is 0 Å². The first-order chi connectivity index (χ1) is 1.41. The molecule has 0 aliphatic carbocycles. The first-order valence-electron chi connectivity index (χ1n) is 1.21. The van der Waals surface area contributed by atoms with E-state index in [1.165, 1.54) is 0 Å². The molecule has 0 amide bonds. The summed E-state index contributed by atoms with van der Waals surface area (Å²) >= 11 is 0. The number of halogens is 1. The largest absolute Gasteiger partial charge is 1.00 e. The van der Waals surface area contributed by atoms with Gasteiger partial charge in [-0.3, -0.25) is 0 Å². The molecule has 0 N–H and O–H groups in total. The molecule has 0 spiro atoms. The van der Waals surface area contributed by atoms with Crippen LogP contribution in [0, 0.1) is 6.92 Å². The van der Waals surface area contributed by atoms with E-state index in [1.807, 2.05) is 6.92 Å². The summed E-state index contributed by atoms with van der Waals surface area (Å²) in [6.45, 7) is 5.50. The minimum Gasteiger partial charge on any atom is -1.00 e. The van der Waals surface area contributed by atoms with Crippen LogP contribution in [0.3, 0.4) is 0 Å². The van der Waals surface area contributed by atoms with Gasteiger partial charge in [-0.15, -0.1) is 0 Å². The van der Waals surface area contributed by atoms with E-state index in [0.717, 1.165) is 6.42 Å². The third-order valence-corrected chi connectivity index (χ3v) is 0. The van der Waals surface area contributed by atoms with Crippen LogP contribution in [0.15, 0.2) is 0 Å². The summed E-state index contributed by atoms with van der Waals surface area (Å²) < 4.78 is 0. The average Bonchev–Trinajstić information content (AvgIpc) is 0.918. The van der Waals surface area contributed by atoms with Gasteiger partial charge in [0, 0.05) is 19.5 Å². The Balaban J connectivity index is -0.0000000200. The van der Waals surface area contributed by atoms with Crippen LogP contribution < -0.4 is 24.0 Å². The summed E-state index contributed by atoms with van der Waals surface area (Å²) in [6.07, 6.45) is 1.00. The van der Waals surface area contributed by atoms with Crippen molar-refractivity contribution >= 4 is 0 Å². The zero-order valence-corrected chi connectivity index (χ0v) is 8.62. The normalized spacial score (nSPS) is 3.60. The van der Waals surface area contributed by atoms with Gasteiger partial charge in [-0.05, 0) is 0 Å². The monoisotopic (exact) mass is 234 g/mol. The summed E-state index contributed by atoms with van der Waals surface area (Å²) in [6, 6.07) is 0. The molecule has 5 heavy (non-hydrogen) atoms. The molecule has 29 valence electrons. The quantitative estimate of drug-likeness (QED) is 0.344. The zero-order chi connectivity index (χ0) is 2.71. The fraction of sp³-hybridized carbons (Fsp3) is 0.667. The van der Waals surface area contributed by atoms with Gasteiger partial charge in [-0.1, -0.05) is 20.3 Å². The van der Waals surface area contributed by atoms with Crippen LogP contribution in [-0.2, 0) is 19.5 Å². The minimum absolute atomic E-state index is 0. The molecule has 0 aliphatic heterocycles. The maximum atomic E-state index is 3.49. The Bertz CT molecular complexity index is 6.85. The van der Waals surface area contributed by atoms with Gasteiger partial charge in [-0.25, -0.2) is 0 Å². The molecule has 0 saturated carbocycles. The molecule has 0 aromatic heterocycles. The molecule has 0 rings (SSSR count). The molecule has 0 heterocycles. The smallest absolute Gasteiger partial charge is 0 e. The summed E-state index contributed by atoms with van der Waals surface area (Å²) in [7, 11) is 0. The molecule has 0 fully saturated rings. The van der Waals surface area contributed by atoms with Crippen molar-refractivity contribution < 1.29 is 43.5 Å². The average molecular weight is 235 g/mol.